The lowest BCUT2D eigenvalue weighted by molar-refractivity contribution is 0.169. The van der Waals surface area contributed by atoms with Crippen LogP contribution in [-0.2, 0) is 6.42 Å². The third kappa shape index (κ3) is 2.44. The molecule has 0 bridgehead atoms. The number of aliphatic hydroxyl groups excluding tert-OH is 1. The van der Waals surface area contributed by atoms with E-state index in [0.29, 0.717) is 19.6 Å². The number of rotatable bonds is 2. The molecule has 0 unspecified atom stereocenters. The van der Waals surface area contributed by atoms with E-state index < -0.39 is 0 Å². The Kier molecular flexibility index (Phi) is 3.17. The predicted octanol–water partition coefficient (Wildman–Crippen LogP) is 2.14. The first-order valence-corrected chi connectivity index (χ1v) is 5.72. The molecule has 1 heterocycles. The van der Waals surface area contributed by atoms with E-state index in [-0.39, 0.29) is 6.10 Å². The van der Waals surface area contributed by atoms with E-state index in [1.807, 2.05) is 12.1 Å². The van der Waals surface area contributed by atoms with Crippen LogP contribution in [0.4, 0.5) is 0 Å². The number of aliphatic hydroxyl groups is 1. The fraction of sp³-hybridized carbons (Fsp3) is 0.455. The van der Waals surface area contributed by atoms with Crippen LogP contribution in [0.1, 0.15) is 12.5 Å². The minimum atomic E-state index is -0.348. The van der Waals surface area contributed by atoms with Crippen molar-refractivity contribution in [1.29, 1.82) is 0 Å². The summed E-state index contributed by atoms with van der Waals surface area (Å²) in [7, 11) is 0. The molecule has 1 N–H and O–H groups in total. The van der Waals surface area contributed by atoms with E-state index in [1.54, 1.807) is 6.92 Å². The Morgan fingerprint density at radius 2 is 2.13 bits per heavy atom. The SMILES string of the molecule is C[C@@H](O)Cc1cc(Br)c2c(c1)OCCO2. The first-order valence-electron chi connectivity index (χ1n) is 4.93. The smallest absolute Gasteiger partial charge is 0.175 e. The van der Waals surface area contributed by atoms with Crippen molar-refractivity contribution in [3.8, 4) is 11.5 Å². The topological polar surface area (TPSA) is 38.7 Å². The minimum Gasteiger partial charge on any atom is -0.486 e. The van der Waals surface area contributed by atoms with Crippen LogP contribution in [0.25, 0.3) is 0 Å². The zero-order valence-electron chi connectivity index (χ0n) is 8.50. The minimum absolute atomic E-state index is 0.348. The molecule has 1 aromatic carbocycles. The number of ether oxygens (including phenoxy) is 2. The largest absolute Gasteiger partial charge is 0.486 e. The average molecular weight is 273 g/mol. The Balaban J connectivity index is 2.32. The maximum Gasteiger partial charge on any atom is 0.175 e. The van der Waals surface area contributed by atoms with Gasteiger partial charge < -0.3 is 14.6 Å². The van der Waals surface area contributed by atoms with Crippen LogP contribution in [0, 0.1) is 0 Å². The number of benzene rings is 1. The zero-order chi connectivity index (χ0) is 10.8. The van der Waals surface area contributed by atoms with Gasteiger partial charge in [0.25, 0.3) is 0 Å². The Labute approximate surface area is 97.1 Å². The molecule has 1 aliphatic rings. The molecular weight excluding hydrogens is 260 g/mol. The van der Waals surface area contributed by atoms with Gasteiger partial charge in [0.2, 0.25) is 0 Å². The second kappa shape index (κ2) is 4.41. The highest BCUT2D eigenvalue weighted by Crippen LogP contribution is 2.38. The Morgan fingerprint density at radius 3 is 2.87 bits per heavy atom. The van der Waals surface area contributed by atoms with Gasteiger partial charge in [0.1, 0.15) is 13.2 Å². The highest BCUT2D eigenvalue weighted by Gasteiger charge is 2.16. The second-order valence-electron chi connectivity index (χ2n) is 3.65. The van der Waals surface area contributed by atoms with Crippen molar-refractivity contribution < 1.29 is 14.6 Å². The fourth-order valence-electron chi connectivity index (χ4n) is 1.62. The Hall–Kier alpha value is -0.740. The molecule has 0 amide bonds. The third-order valence-corrected chi connectivity index (χ3v) is 2.78. The molecule has 3 nitrogen and oxygen atoms in total. The van der Waals surface area contributed by atoms with Gasteiger partial charge >= 0.3 is 0 Å². The van der Waals surface area contributed by atoms with E-state index in [0.717, 1.165) is 21.5 Å². The highest BCUT2D eigenvalue weighted by atomic mass is 79.9. The van der Waals surface area contributed by atoms with Crippen LogP contribution in [0.2, 0.25) is 0 Å². The summed E-state index contributed by atoms with van der Waals surface area (Å²) in [6, 6.07) is 3.88. The number of fused-ring (bicyclic) bond motifs is 1. The van der Waals surface area contributed by atoms with Crippen molar-refractivity contribution in [2.75, 3.05) is 13.2 Å². The molecular formula is C11H13BrO3. The number of halogens is 1. The predicted molar refractivity (Wildman–Crippen MR) is 60.5 cm³/mol. The quantitative estimate of drug-likeness (QED) is 0.897. The molecule has 1 atom stereocenters. The summed E-state index contributed by atoms with van der Waals surface area (Å²) in [6.07, 6.45) is 0.273. The molecule has 82 valence electrons. The highest BCUT2D eigenvalue weighted by molar-refractivity contribution is 9.10. The van der Waals surface area contributed by atoms with Gasteiger partial charge in [-0.2, -0.15) is 0 Å². The Bertz CT molecular complexity index is 363. The molecule has 0 spiro atoms. The maximum absolute atomic E-state index is 9.31. The van der Waals surface area contributed by atoms with Crippen molar-refractivity contribution in [2.24, 2.45) is 0 Å². The second-order valence-corrected chi connectivity index (χ2v) is 4.51. The lowest BCUT2D eigenvalue weighted by atomic mass is 10.1. The van der Waals surface area contributed by atoms with E-state index >= 15 is 0 Å². The van der Waals surface area contributed by atoms with Gasteiger partial charge in [-0.15, -0.1) is 0 Å². The molecule has 0 radical (unpaired) electrons. The van der Waals surface area contributed by atoms with Crippen LogP contribution in [0.3, 0.4) is 0 Å². The number of hydrogen-bond acceptors (Lipinski definition) is 3. The Morgan fingerprint density at radius 1 is 1.40 bits per heavy atom. The maximum atomic E-state index is 9.31. The molecule has 1 aliphatic heterocycles. The van der Waals surface area contributed by atoms with Crippen molar-refractivity contribution in [2.45, 2.75) is 19.4 Å². The molecule has 1 aromatic rings. The standard InChI is InChI=1S/C11H13BrO3/c1-7(13)4-8-5-9(12)11-10(6-8)14-2-3-15-11/h5-7,13H,2-4H2,1H3/t7-/m1/s1. The summed E-state index contributed by atoms with van der Waals surface area (Å²) in [6.45, 7) is 2.93. The van der Waals surface area contributed by atoms with E-state index in [4.69, 9.17) is 9.47 Å². The third-order valence-electron chi connectivity index (χ3n) is 2.19. The summed E-state index contributed by atoms with van der Waals surface area (Å²) in [5.74, 6) is 1.52. The van der Waals surface area contributed by atoms with Gasteiger partial charge in [-0.3, -0.25) is 0 Å². The summed E-state index contributed by atoms with van der Waals surface area (Å²) >= 11 is 3.44. The van der Waals surface area contributed by atoms with Gasteiger partial charge in [-0.25, -0.2) is 0 Å². The molecule has 0 aromatic heterocycles. The van der Waals surface area contributed by atoms with Crippen LogP contribution >= 0.6 is 15.9 Å². The van der Waals surface area contributed by atoms with E-state index in [2.05, 4.69) is 15.9 Å². The monoisotopic (exact) mass is 272 g/mol. The fourth-order valence-corrected chi connectivity index (χ4v) is 2.23. The summed E-state index contributed by atoms with van der Waals surface area (Å²) in [4.78, 5) is 0. The van der Waals surface area contributed by atoms with Gasteiger partial charge in [0, 0.05) is 0 Å². The number of hydrogen-bond donors (Lipinski definition) is 1. The average Bonchev–Trinajstić information content (AvgIpc) is 2.16. The zero-order valence-corrected chi connectivity index (χ0v) is 10.1. The van der Waals surface area contributed by atoms with E-state index in [9.17, 15) is 5.11 Å². The molecule has 4 heteroatoms. The van der Waals surface area contributed by atoms with Crippen molar-refractivity contribution in [3.05, 3.63) is 22.2 Å². The van der Waals surface area contributed by atoms with Crippen LogP contribution in [0.5, 0.6) is 11.5 Å². The van der Waals surface area contributed by atoms with Gasteiger partial charge in [-0.05, 0) is 47.0 Å². The van der Waals surface area contributed by atoms with E-state index in [1.165, 1.54) is 0 Å². The molecule has 0 fully saturated rings. The first kappa shape index (κ1) is 10.8. The molecule has 0 saturated heterocycles. The van der Waals surface area contributed by atoms with Crippen molar-refractivity contribution in [1.82, 2.24) is 0 Å². The van der Waals surface area contributed by atoms with Gasteiger partial charge in [0.15, 0.2) is 11.5 Å². The molecule has 0 saturated carbocycles. The van der Waals surface area contributed by atoms with Crippen molar-refractivity contribution >= 4 is 15.9 Å². The summed E-state index contributed by atoms with van der Waals surface area (Å²) in [5.41, 5.74) is 1.04. The summed E-state index contributed by atoms with van der Waals surface area (Å²) in [5, 5.41) is 9.31. The molecule has 0 aliphatic carbocycles. The van der Waals surface area contributed by atoms with Crippen LogP contribution in [-0.4, -0.2) is 24.4 Å². The van der Waals surface area contributed by atoms with Crippen LogP contribution < -0.4 is 9.47 Å². The summed E-state index contributed by atoms with van der Waals surface area (Å²) < 4.78 is 11.9. The lowest BCUT2D eigenvalue weighted by Crippen LogP contribution is -2.16. The lowest BCUT2D eigenvalue weighted by Gasteiger charge is -2.20. The first-order chi connectivity index (χ1) is 7.16. The molecule has 2 rings (SSSR count). The molecule has 15 heavy (non-hydrogen) atoms. The van der Waals surface area contributed by atoms with Crippen molar-refractivity contribution in [3.63, 3.8) is 0 Å². The normalized spacial score (nSPS) is 16.2. The van der Waals surface area contributed by atoms with Crippen LogP contribution in [0.15, 0.2) is 16.6 Å². The van der Waals surface area contributed by atoms with Gasteiger partial charge in [0.05, 0.1) is 10.6 Å². The van der Waals surface area contributed by atoms with Gasteiger partial charge in [-0.1, -0.05) is 0 Å².